The molecule has 0 saturated carbocycles. The summed E-state index contributed by atoms with van der Waals surface area (Å²) in [6, 6.07) is 13.3. The zero-order valence-corrected chi connectivity index (χ0v) is 14.2. The summed E-state index contributed by atoms with van der Waals surface area (Å²) in [5, 5.41) is 11.5. The summed E-state index contributed by atoms with van der Waals surface area (Å²) in [5.74, 6) is -1.60. The van der Waals surface area contributed by atoms with Crippen LogP contribution in [0.3, 0.4) is 0 Å². The number of carbonyl (C=O) groups is 2. The molecule has 2 rings (SSSR count). The molecule has 0 aliphatic heterocycles. The maximum atomic E-state index is 12.8. The fraction of sp³-hybridized carbons (Fsp3) is 0.263. The van der Waals surface area contributed by atoms with Gasteiger partial charge in [0.2, 0.25) is 0 Å². The number of nitrogens with one attached hydrogen (secondary N) is 1. The van der Waals surface area contributed by atoms with Crippen LogP contribution < -0.4 is 5.32 Å². The second kappa shape index (κ2) is 10.8. The average molecular weight is 347 g/mol. The van der Waals surface area contributed by atoms with Gasteiger partial charge < -0.3 is 15.2 Å². The van der Waals surface area contributed by atoms with Gasteiger partial charge in [0.1, 0.15) is 18.5 Å². The molecule has 0 spiro atoms. The minimum Gasteiger partial charge on any atom is -0.480 e. The first-order valence-corrected chi connectivity index (χ1v) is 7.99. The van der Waals surface area contributed by atoms with Crippen LogP contribution in [0.15, 0.2) is 54.6 Å². The highest BCUT2D eigenvalue weighted by Gasteiger charge is 2.21. The van der Waals surface area contributed by atoms with E-state index in [1.807, 2.05) is 32.0 Å². The molecular weight excluding hydrogens is 325 g/mol. The molecule has 0 aliphatic carbocycles. The Balaban J connectivity index is 0.00000151. The van der Waals surface area contributed by atoms with E-state index >= 15 is 0 Å². The first-order valence-electron chi connectivity index (χ1n) is 7.99. The largest absolute Gasteiger partial charge is 0.480 e. The fourth-order valence-corrected chi connectivity index (χ4v) is 1.96. The molecule has 0 radical (unpaired) electrons. The Labute approximate surface area is 146 Å². The molecule has 6 heteroatoms. The van der Waals surface area contributed by atoms with Crippen molar-refractivity contribution in [2.24, 2.45) is 0 Å². The minimum absolute atomic E-state index is 0.0377. The Morgan fingerprint density at radius 1 is 1.04 bits per heavy atom. The smallest absolute Gasteiger partial charge is 0.408 e. The molecular formula is C19H22FNO4. The Kier molecular flexibility index (Phi) is 8.71. The quantitative estimate of drug-likeness (QED) is 0.834. The number of hydrogen-bond acceptors (Lipinski definition) is 3. The summed E-state index contributed by atoms with van der Waals surface area (Å²) in [6.07, 6.45) is -0.779. The number of rotatable bonds is 6. The lowest BCUT2D eigenvalue weighted by molar-refractivity contribution is -0.139. The second-order valence-electron chi connectivity index (χ2n) is 4.93. The van der Waals surface area contributed by atoms with Crippen LogP contribution in [0.25, 0.3) is 0 Å². The predicted octanol–water partition coefficient (Wildman–Crippen LogP) is 3.77. The molecule has 25 heavy (non-hydrogen) atoms. The molecule has 1 unspecified atom stereocenters. The van der Waals surface area contributed by atoms with Crippen LogP contribution in [0, 0.1) is 5.82 Å². The molecule has 2 N–H and O–H groups in total. The summed E-state index contributed by atoms with van der Waals surface area (Å²) in [6.45, 7) is 4.05. The monoisotopic (exact) mass is 347 g/mol. The van der Waals surface area contributed by atoms with Crippen LogP contribution in [0.4, 0.5) is 9.18 Å². The van der Waals surface area contributed by atoms with Crippen molar-refractivity contribution in [2.45, 2.75) is 32.9 Å². The fourth-order valence-electron chi connectivity index (χ4n) is 1.96. The van der Waals surface area contributed by atoms with Gasteiger partial charge in [0.15, 0.2) is 0 Å². The van der Waals surface area contributed by atoms with E-state index in [1.165, 1.54) is 24.3 Å². The number of alkyl carbamates (subject to hydrolysis) is 1. The minimum atomic E-state index is -1.19. The Morgan fingerprint density at radius 3 is 2.20 bits per heavy atom. The van der Waals surface area contributed by atoms with Crippen molar-refractivity contribution in [1.82, 2.24) is 5.32 Å². The highest BCUT2D eigenvalue weighted by atomic mass is 19.1. The van der Waals surface area contributed by atoms with Gasteiger partial charge >= 0.3 is 12.1 Å². The van der Waals surface area contributed by atoms with Crippen LogP contribution in [0.2, 0.25) is 0 Å². The van der Waals surface area contributed by atoms with E-state index < -0.39 is 23.9 Å². The van der Waals surface area contributed by atoms with E-state index in [0.717, 1.165) is 5.56 Å². The Morgan fingerprint density at radius 2 is 1.64 bits per heavy atom. The van der Waals surface area contributed by atoms with E-state index in [2.05, 4.69) is 5.32 Å². The summed E-state index contributed by atoms with van der Waals surface area (Å²) in [4.78, 5) is 23.0. The van der Waals surface area contributed by atoms with Crippen LogP contribution >= 0.6 is 0 Å². The molecule has 1 atom stereocenters. The molecule has 2 aromatic carbocycles. The number of aliphatic carboxylic acids is 1. The first-order chi connectivity index (χ1) is 12.0. The SMILES string of the molecule is CC.O=C(NC(Cc1ccc(F)cc1)C(=O)O)OCc1ccccc1. The molecule has 5 nitrogen and oxygen atoms in total. The molecule has 0 saturated heterocycles. The van der Waals surface area contributed by atoms with Gasteiger partial charge in [-0.2, -0.15) is 0 Å². The van der Waals surface area contributed by atoms with Crippen LogP contribution in [0.1, 0.15) is 25.0 Å². The molecule has 0 bridgehead atoms. The number of ether oxygens (including phenoxy) is 1. The average Bonchev–Trinajstić information content (AvgIpc) is 2.63. The van der Waals surface area contributed by atoms with Crippen LogP contribution in [0.5, 0.6) is 0 Å². The highest BCUT2D eigenvalue weighted by molar-refractivity contribution is 5.80. The maximum absolute atomic E-state index is 12.8. The first kappa shape index (κ1) is 20.2. The summed E-state index contributed by atoms with van der Waals surface area (Å²) < 4.78 is 17.8. The summed E-state index contributed by atoms with van der Waals surface area (Å²) in [5.41, 5.74) is 1.40. The van der Waals surface area contributed by atoms with Gasteiger partial charge in [-0.05, 0) is 23.3 Å². The third-order valence-corrected chi connectivity index (χ3v) is 3.16. The standard InChI is InChI=1S/C17H16FNO4.C2H6/c18-14-8-6-12(7-9-14)10-15(16(20)21)19-17(22)23-11-13-4-2-1-3-5-13;1-2/h1-9,15H,10-11H2,(H,19,22)(H,20,21);1-2H3. The lowest BCUT2D eigenvalue weighted by atomic mass is 10.1. The second-order valence-corrected chi connectivity index (χ2v) is 4.93. The molecule has 2 aromatic rings. The van der Waals surface area contributed by atoms with Gasteiger partial charge in [-0.15, -0.1) is 0 Å². The van der Waals surface area contributed by atoms with Gasteiger partial charge in [0, 0.05) is 6.42 Å². The van der Waals surface area contributed by atoms with Crippen molar-refractivity contribution in [3.05, 3.63) is 71.5 Å². The predicted molar refractivity (Wildman–Crippen MR) is 92.6 cm³/mol. The molecule has 1 amide bonds. The van der Waals surface area contributed by atoms with Crippen molar-refractivity contribution in [2.75, 3.05) is 0 Å². The number of hydrogen-bond donors (Lipinski definition) is 2. The Bertz CT molecular complexity index is 659. The summed E-state index contributed by atoms with van der Waals surface area (Å²) in [7, 11) is 0. The third kappa shape index (κ3) is 7.48. The lowest BCUT2D eigenvalue weighted by Crippen LogP contribution is -2.42. The zero-order valence-electron chi connectivity index (χ0n) is 14.2. The zero-order chi connectivity index (χ0) is 18.7. The van der Waals surface area contributed by atoms with Crippen molar-refractivity contribution in [1.29, 1.82) is 0 Å². The van der Waals surface area contributed by atoms with Crippen molar-refractivity contribution in [3.8, 4) is 0 Å². The molecule has 0 aromatic heterocycles. The van der Waals surface area contributed by atoms with Crippen molar-refractivity contribution >= 4 is 12.1 Å². The van der Waals surface area contributed by atoms with Crippen LogP contribution in [-0.2, 0) is 22.6 Å². The van der Waals surface area contributed by atoms with Gasteiger partial charge in [-0.25, -0.2) is 14.0 Å². The van der Waals surface area contributed by atoms with Gasteiger partial charge in [-0.1, -0.05) is 56.3 Å². The lowest BCUT2D eigenvalue weighted by Gasteiger charge is -2.14. The van der Waals surface area contributed by atoms with E-state index in [9.17, 15) is 19.1 Å². The molecule has 0 heterocycles. The third-order valence-electron chi connectivity index (χ3n) is 3.16. The topological polar surface area (TPSA) is 75.6 Å². The van der Waals surface area contributed by atoms with E-state index in [4.69, 9.17) is 4.74 Å². The van der Waals surface area contributed by atoms with E-state index in [1.54, 1.807) is 12.1 Å². The molecule has 0 aliphatic rings. The number of amides is 1. The van der Waals surface area contributed by atoms with E-state index in [0.29, 0.717) is 5.56 Å². The van der Waals surface area contributed by atoms with Crippen molar-refractivity contribution in [3.63, 3.8) is 0 Å². The number of carbonyl (C=O) groups excluding carboxylic acids is 1. The molecule has 134 valence electrons. The van der Waals surface area contributed by atoms with Crippen molar-refractivity contribution < 1.29 is 23.8 Å². The van der Waals surface area contributed by atoms with Gasteiger partial charge in [-0.3, -0.25) is 0 Å². The van der Waals surface area contributed by atoms with Crippen LogP contribution in [-0.4, -0.2) is 23.2 Å². The maximum Gasteiger partial charge on any atom is 0.408 e. The number of benzene rings is 2. The number of halogens is 1. The summed E-state index contributed by atoms with van der Waals surface area (Å²) >= 11 is 0. The Hall–Kier alpha value is -2.89. The van der Waals surface area contributed by atoms with Gasteiger partial charge in [0.25, 0.3) is 0 Å². The highest BCUT2D eigenvalue weighted by Crippen LogP contribution is 2.07. The number of carboxylic acid groups (broad SMARTS) is 1. The van der Waals surface area contributed by atoms with E-state index in [-0.39, 0.29) is 13.0 Å². The van der Waals surface area contributed by atoms with Gasteiger partial charge in [0.05, 0.1) is 0 Å². The number of carboxylic acids is 1. The molecule has 0 fully saturated rings. The normalized spacial score (nSPS) is 10.8.